The molecule has 0 atom stereocenters. The second kappa shape index (κ2) is 6.31. The molecule has 3 rings (SSSR count). The van der Waals surface area contributed by atoms with Crippen molar-refractivity contribution in [3.8, 4) is 5.75 Å². The number of carbonyl (C=O) groups is 1. The second-order valence-corrected chi connectivity index (χ2v) is 5.13. The van der Waals surface area contributed by atoms with Crippen molar-refractivity contribution < 1.29 is 9.53 Å². The Kier molecular flexibility index (Phi) is 4.05. The summed E-state index contributed by atoms with van der Waals surface area (Å²) in [5, 5.41) is 5.23. The SMILES string of the molecule is COc1ccc(NC(=O)Cc2ccc3ccccc3c2)cc1. The molecule has 3 nitrogen and oxygen atoms in total. The fourth-order valence-corrected chi connectivity index (χ4v) is 2.41. The molecule has 0 saturated carbocycles. The Balaban J connectivity index is 1.69. The summed E-state index contributed by atoms with van der Waals surface area (Å²) in [6.45, 7) is 0. The number of methoxy groups -OCH3 is 1. The van der Waals surface area contributed by atoms with Crippen molar-refractivity contribution in [2.45, 2.75) is 6.42 Å². The fourth-order valence-electron chi connectivity index (χ4n) is 2.41. The Morgan fingerprint density at radius 3 is 2.41 bits per heavy atom. The van der Waals surface area contributed by atoms with Crippen molar-refractivity contribution in [1.82, 2.24) is 0 Å². The number of ether oxygens (including phenoxy) is 1. The summed E-state index contributed by atoms with van der Waals surface area (Å²) < 4.78 is 5.10. The van der Waals surface area contributed by atoms with E-state index in [9.17, 15) is 4.79 Å². The molecule has 22 heavy (non-hydrogen) atoms. The number of nitrogens with one attached hydrogen (secondary N) is 1. The van der Waals surface area contributed by atoms with Gasteiger partial charge in [0, 0.05) is 5.69 Å². The minimum absolute atomic E-state index is 0.0274. The molecule has 0 spiro atoms. The maximum Gasteiger partial charge on any atom is 0.228 e. The molecular formula is C19H17NO2. The lowest BCUT2D eigenvalue weighted by molar-refractivity contribution is -0.115. The smallest absolute Gasteiger partial charge is 0.228 e. The van der Waals surface area contributed by atoms with E-state index in [0.29, 0.717) is 6.42 Å². The predicted molar refractivity (Wildman–Crippen MR) is 89.3 cm³/mol. The highest BCUT2D eigenvalue weighted by Gasteiger charge is 2.05. The summed E-state index contributed by atoms with van der Waals surface area (Å²) in [5.41, 5.74) is 1.77. The van der Waals surface area contributed by atoms with Gasteiger partial charge >= 0.3 is 0 Å². The highest BCUT2D eigenvalue weighted by atomic mass is 16.5. The highest BCUT2D eigenvalue weighted by molar-refractivity contribution is 5.93. The first-order valence-electron chi connectivity index (χ1n) is 7.16. The number of hydrogen-bond acceptors (Lipinski definition) is 2. The van der Waals surface area contributed by atoms with Gasteiger partial charge in [-0.25, -0.2) is 0 Å². The van der Waals surface area contributed by atoms with Crippen LogP contribution in [0.4, 0.5) is 5.69 Å². The van der Waals surface area contributed by atoms with Crippen LogP contribution in [0.2, 0.25) is 0 Å². The number of amides is 1. The summed E-state index contributed by atoms with van der Waals surface area (Å²) in [4.78, 5) is 12.1. The van der Waals surface area contributed by atoms with Crippen molar-refractivity contribution in [2.75, 3.05) is 12.4 Å². The van der Waals surface area contributed by atoms with Gasteiger partial charge in [0.05, 0.1) is 13.5 Å². The molecule has 0 aliphatic heterocycles. The Morgan fingerprint density at radius 2 is 1.68 bits per heavy atom. The van der Waals surface area contributed by atoms with E-state index in [1.165, 1.54) is 5.39 Å². The third-order valence-electron chi connectivity index (χ3n) is 3.55. The summed E-state index contributed by atoms with van der Waals surface area (Å²) in [6, 6.07) is 21.6. The molecular weight excluding hydrogens is 274 g/mol. The van der Waals surface area contributed by atoms with Crippen LogP contribution in [0.3, 0.4) is 0 Å². The minimum Gasteiger partial charge on any atom is -0.497 e. The third-order valence-corrected chi connectivity index (χ3v) is 3.55. The lowest BCUT2D eigenvalue weighted by atomic mass is 10.0. The Labute approximate surface area is 129 Å². The van der Waals surface area contributed by atoms with E-state index in [1.54, 1.807) is 7.11 Å². The number of carbonyl (C=O) groups excluding carboxylic acids is 1. The molecule has 1 N–H and O–H groups in total. The van der Waals surface area contributed by atoms with Crippen molar-refractivity contribution >= 4 is 22.4 Å². The highest BCUT2D eigenvalue weighted by Crippen LogP contribution is 2.18. The quantitative estimate of drug-likeness (QED) is 0.788. The van der Waals surface area contributed by atoms with E-state index in [4.69, 9.17) is 4.74 Å². The molecule has 3 aromatic rings. The minimum atomic E-state index is -0.0274. The topological polar surface area (TPSA) is 38.3 Å². The molecule has 0 aromatic heterocycles. The van der Waals surface area contributed by atoms with E-state index in [-0.39, 0.29) is 5.91 Å². The average Bonchev–Trinajstić information content (AvgIpc) is 2.55. The number of anilines is 1. The van der Waals surface area contributed by atoms with E-state index < -0.39 is 0 Å². The number of hydrogen-bond donors (Lipinski definition) is 1. The van der Waals surface area contributed by atoms with Gasteiger partial charge < -0.3 is 10.1 Å². The van der Waals surface area contributed by atoms with Crippen molar-refractivity contribution in [3.63, 3.8) is 0 Å². The van der Waals surface area contributed by atoms with Crippen LogP contribution in [-0.2, 0) is 11.2 Å². The Bertz CT molecular complexity index is 794. The van der Waals surface area contributed by atoms with Crippen LogP contribution in [0.25, 0.3) is 10.8 Å². The molecule has 0 saturated heterocycles. The van der Waals surface area contributed by atoms with Crippen LogP contribution in [0, 0.1) is 0 Å². The summed E-state index contributed by atoms with van der Waals surface area (Å²) in [5.74, 6) is 0.743. The van der Waals surface area contributed by atoms with Gasteiger partial charge in [-0.1, -0.05) is 42.5 Å². The predicted octanol–water partition coefficient (Wildman–Crippen LogP) is 4.03. The number of fused-ring (bicyclic) bond motifs is 1. The third kappa shape index (κ3) is 3.26. The largest absolute Gasteiger partial charge is 0.497 e. The molecule has 0 fully saturated rings. The zero-order chi connectivity index (χ0) is 15.4. The van der Waals surface area contributed by atoms with Gasteiger partial charge in [-0.05, 0) is 40.6 Å². The lowest BCUT2D eigenvalue weighted by Crippen LogP contribution is -2.14. The van der Waals surface area contributed by atoms with Gasteiger partial charge in [-0.3, -0.25) is 4.79 Å². The molecule has 1 amide bonds. The first-order chi connectivity index (χ1) is 10.7. The summed E-state index contributed by atoms with van der Waals surface area (Å²) >= 11 is 0. The van der Waals surface area contributed by atoms with Gasteiger partial charge in [-0.15, -0.1) is 0 Å². The molecule has 3 aromatic carbocycles. The second-order valence-electron chi connectivity index (χ2n) is 5.13. The Hall–Kier alpha value is -2.81. The maximum atomic E-state index is 12.1. The van der Waals surface area contributed by atoms with Crippen molar-refractivity contribution in [2.24, 2.45) is 0 Å². The maximum absolute atomic E-state index is 12.1. The molecule has 3 heteroatoms. The monoisotopic (exact) mass is 291 g/mol. The first-order valence-corrected chi connectivity index (χ1v) is 7.16. The van der Waals surface area contributed by atoms with Crippen LogP contribution in [0.15, 0.2) is 66.7 Å². The number of benzene rings is 3. The van der Waals surface area contributed by atoms with Crippen molar-refractivity contribution in [3.05, 3.63) is 72.3 Å². The molecule has 0 aliphatic carbocycles. The zero-order valence-electron chi connectivity index (χ0n) is 12.4. The standard InChI is InChI=1S/C19H17NO2/c1-22-18-10-8-17(9-11-18)20-19(21)13-14-6-7-15-4-2-3-5-16(15)12-14/h2-12H,13H2,1H3,(H,20,21). The molecule has 0 bridgehead atoms. The van der Waals surface area contributed by atoms with E-state index in [0.717, 1.165) is 22.4 Å². The van der Waals surface area contributed by atoms with Crippen LogP contribution in [0.1, 0.15) is 5.56 Å². The van der Waals surface area contributed by atoms with Gasteiger partial charge in [0.2, 0.25) is 5.91 Å². The van der Waals surface area contributed by atoms with Crippen molar-refractivity contribution in [1.29, 1.82) is 0 Å². The Morgan fingerprint density at radius 1 is 0.955 bits per heavy atom. The zero-order valence-corrected chi connectivity index (χ0v) is 12.4. The molecule has 0 radical (unpaired) electrons. The average molecular weight is 291 g/mol. The van der Waals surface area contributed by atoms with E-state index >= 15 is 0 Å². The van der Waals surface area contributed by atoms with Crippen LogP contribution in [0.5, 0.6) is 5.75 Å². The van der Waals surface area contributed by atoms with E-state index in [2.05, 4.69) is 23.5 Å². The van der Waals surface area contributed by atoms with Gasteiger partial charge in [0.25, 0.3) is 0 Å². The molecule has 0 unspecified atom stereocenters. The first kappa shape index (κ1) is 14.1. The van der Waals surface area contributed by atoms with Gasteiger partial charge in [0.15, 0.2) is 0 Å². The van der Waals surface area contributed by atoms with Crippen LogP contribution >= 0.6 is 0 Å². The molecule has 0 aliphatic rings. The van der Waals surface area contributed by atoms with Gasteiger partial charge in [-0.2, -0.15) is 0 Å². The van der Waals surface area contributed by atoms with Crippen LogP contribution in [-0.4, -0.2) is 13.0 Å². The number of rotatable bonds is 4. The molecule has 110 valence electrons. The van der Waals surface area contributed by atoms with Gasteiger partial charge in [0.1, 0.15) is 5.75 Å². The summed E-state index contributed by atoms with van der Waals surface area (Å²) in [6.07, 6.45) is 0.358. The summed E-state index contributed by atoms with van der Waals surface area (Å²) in [7, 11) is 1.62. The van der Waals surface area contributed by atoms with Crippen LogP contribution < -0.4 is 10.1 Å². The van der Waals surface area contributed by atoms with E-state index in [1.807, 2.05) is 48.5 Å². The normalized spacial score (nSPS) is 10.4. The lowest BCUT2D eigenvalue weighted by Gasteiger charge is -2.07. The molecule has 0 heterocycles. The fraction of sp³-hybridized carbons (Fsp3) is 0.105.